The van der Waals surface area contributed by atoms with Crippen LogP contribution in [0.1, 0.15) is 35.0 Å². The Morgan fingerprint density at radius 2 is 1.87 bits per heavy atom. The SMILES string of the molecule is COc1ccccc1C1C(C(=O)Nc2nnc(C)s2)CCC(=O)N1c1ccc(C)cc1. The van der Waals surface area contributed by atoms with E-state index in [1.165, 1.54) is 11.3 Å². The summed E-state index contributed by atoms with van der Waals surface area (Å²) in [6.45, 7) is 3.84. The Bertz CT molecular complexity index is 1100. The number of nitrogens with one attached hydrogen (secondary N) is 1. The third-order valence-corrected chi connectivity index (χ3v) is 6.21. The lowest BCUT2D eigenvalue weighted by molar-refractivity contribution is -0.125. The number of carbonyl (C=O) groups excluding carboxylic acids is 2. The van der Waals surface area contributed by atoms with Gasteiger partial charge in [-0.2, -0.15) is 0 Å². The van der Waals surface area contributed by atoms with Crippen LogP contribution in [0.2, 0.25) is 0 Å². The quantitative estimate of drug-likeness (QED) is 0.645. The largest absolute Gasteiger partial charge is 0.496 e. The lowest BCUT2D eigenvalue weighted by Gasteiger charge is -2.41. The fourth-order valence-electron chi connectivity index (χ4n) is 3.99. The number of anilines is 2. The number of piperidine rings is 1. The Labute approximate surface area is 185 Å². The van der Waals surface area contributed by atoms with Crippen molar-refractivity contribution in [1.82, 2.24) is 10.2 Å². The van der Waals surface area contributed by atoms with Gasteiger partial charge in [0.1, 0.15) is 10.8 Å². The van der Waals surface area contributed by atoms with Gasteiger partial charge in [0.25, 0.3) is 0 Å². The van der Waals surface area contributed by atoms with E-state index in [0.29, 0.717) is 17.3 Å². The standard InChI is InChI=1S/C23H24N4O3S/c1-14-8-10-16(11-9-14)27-20(28)13-12-18(22(29)24-23-26-25-15(2)31-23)21(27)17-6-4-5-7-19(17)30-3/h4-11,18,21H,12-13H2,1-3H3,(H,24,26,29). The van der Waals surface area contributed by atoms with E-state index in [2.05, 4.69) is 15.5 Å². The Morgan fingerprint density at radius 3 is 2.55 bits per heavy atom. The number of benzene rings is 2. The van der Waals surface area contributed by atoms with Gasteiger partial charge in [-0.15, -0.1) is 10.2 Å². The summed E-state index contributed by atoms with van der Waals surface area (Å²) in [7, 11) is 1.60. The van der Waals surface area contributed by atoms with Gasteiger partial charge in [0.05, 0.1) is 19.1 Å². The molecule has 3 aromatic rings. The van der Waals surface area contributed by atoms with Crippen LogP contribution in [-0.4, -0.2) is 29.1 Å². The first-order valence-electron chi connectivity index (χ1n) is 10.1. The number of ether oxygens (including phenoxy) is 1. The molecule has 0 spiro atoms. The molecule has 2 aromatic carbocycles. The second-order valence-electron chi connectivity index (χ2n) is 7.55. The molecule has 160 valence electrons. The van der Waals surface area contributed by atoms with Crippen LogP contribution in [0, 0.1) is 19.8 Å². The monoisotopic (exact) mass is 436 g/mol. The second kappa shape index (κ2) is 8.85. The van der Waals surface area contributed by atoms with Crippen molar-refractivity contribution < 1.29 is 14.3 Å². The number of methoxy groups -OCH3 is 1. The van der Waals surface area contributed by atoms with Gasteiger partial charge in [0.15, 0.2) is 0 Å². The van der Waals surface area contributed by atoms with Gasteiger partial charge in [-0.1, -0.05) is 47.2 Å². The Kier molecular flexibility index (Phi) is 5.99. The van der Waals surface area contributed by atoms with Gasteiger partial charge < -0.3 is 15.0 Å². The zero-order valence-electron chi connectivity index (χ0n) is 17.7. The molecule has 8 heteroatoms. The highest BCUT2D eigenvalue weighted by atomic mass is 32.1. The third-order valence-electron chi connectivity index (χ3n) is 5.46. The summed E-state index contributed by atoms with van der Waals surface area (Å²) in [5.74, 6) is -0.0318. The van der Waals surface area contributed by atoms with Crippen LogP contribution in [0.3, 0.4) is 0 Å². The van der Waals surface area contributed by atoms with E-state index in [1.807, 2.05) is 62.4 Å². The normalized spacial score (nSPS) is 18.7. The van der Waals surface area contributed by atoms with E-state index < -0.39 is 12.0 Å². The van der Waals surface area contributed by atoms with Gasteiger partial charge in [0, 0.05) is 17.7 Å². The molecule has 7 nitrogen and oxygen atoms in total. The van der Waals surface area contributed by atoms with Crippen molar-refractivity contribution in [2.24, 2.45) is 5.92 Å². The molecular weight excluding hydrogens is 412 g/mol. The smallest absolute Gasteiger partial charge is 0.231 e. The highest BCUT2D eigenvalue weighted by molar-refractivity contribution is 7.15. The molecule has 1 fully saturated rings. The molecule has 2 unspecified atom stereocenters. The molecule has 0 bridgehead atoms. The zero-order valence-corrected chi connectivity index (χ0v) is 18.5. The van der Waals surface area contributed by atoms with Crippen LogP contribution >= 0.6 is 11.3 Å². The Hall–Kier alpha value is -3.26. The van der Waals surface area contributed by atoms with E-state index in [9.17, 15) is 9.59 Å². The first-order chi connectivity index (χ1) is 15.0. The van der Waals surface area contributed by atoms with Gasteiger partial charge in [-0.25, -0.2) is 0 Å². The summed E-state index contributed by atoms with van der Waals surface area (Å²) in [5, 5.41) is 12.1. The topological polar surface area (TPSA) is 84.4 Å². The van der Waals surface area contributed by atoms with Gasteiger partial charge >= 0.3 is 0 Å². The van der Waals surface area contributed by atoms with Crippen molar-refractivity contribution in [3.63, 3.8) is 0 Å². The Balaban J connectivity index is 1.78. The minimum Gasteiger partial charge on any atom is -0.496 e. The van der Waals surface area contributed by atoms with Crippen LogP contribution in [0.5, 0.6) is 5.75 Å². The van der Waals surface area contributed by atoms with Gasteiger partial charge in [-0.05, 0) is 38.5 Å². The molecule has 1 aliphatic heterocycles. The van der Waals surface area contributed by atoms with Crippen molar-refractivity contribution in [1.29, 1.82) is 0 Å². The number of aryl methyl sites for hydroxylation is 2. The number of hydrogen-bond acceptors (Lipinski definition) is 6. The molecule has 2 heterocycles. The molecule has 2 atom stereocenters. The average molecular weight is 437 g/mol. The van der Waals surface area contributed by atoms with E-state index >= 15 is 0 Å². The number of aromatic nitrogens is 2. The summed E-state index contributed by atoms with van der Waals surface area (Å²) in [6.07, 6.45) is 0.723. The summed E-state index contributed by atoms with van der Waals surface area (Å²) in [6, 6.07) is 14.8. The molecule has 0 radical (unpaired) electrons. The maximum absolute atomic E-state index is 13.3. The van der Waals surface area contributed by atoms with Crippen LogP contribution in [-0.2, 0) is 9.59 Å². The van der Waals surface area contributed by atoms with Crippen molar-refractivity contribution in [3.8, 4) is 5.75 Å². The zero-order chi connectivity index (χ0) is 22.0. The van der Waals surface area contributed by atoms with Crippen molar-refractivity contribution in [3.05, 3.63) is 64.7 Å². The molecular formula is C23H24N4O3S. The van der Waals surface area contributed by atoms with E-state index in [4.69, 9.17) is 4.74 Å². The van der Waals surface area contributed by atoms with Crippen molar-refractivity contribution in [2.45, 2.75) is 32.7 Å². The fraction of sp³-hybridized carbons (Fsp3) is 0.304. The highest BCUT2D eigenvalue weighted by Gasteiger charge is 2.42. The minimum atomic E-state index is -0.505. The summed E-state index contributed by atoms with van der Waals surface area (Å²) in [4.78, 5) is 28.2. The second-order valence-corrected chi connectivity index (χ2v) is 8.73. The van der Waals surface area contributed by atoms with Crippen LogP contribution in [0.4, 0.5) is 10.8 Å². The van der Waals surface area contributed by atoms with E-state index in [0.717, 1.165) is 21.8 Å². The van der Waals surface area contributed by atoms with E-state index in [-0.39, 0.29) is 18.2 Å². The highest BCUT2D eigenvalue weighted by Crippen LogP contribution is 2.43. The molecule has 1 aromatic heterocycles. The molecule has 1 aliphatic rings. The number of carbonyl (C=O) groups is 2. The molecule has 1 saturated heterocycles. The lowest BCUT2D eigenvalue weighted by Crippen LogP contribution is -2.47. The predicted octanol–water partition coefficient (Wildman–Crippen LogP) is 4.29. The molecule has 1 N–H and O–H groups in total. The number of hydrogen-bond donors (Lipinski definition) is 1. The number of rotatable bonds is 5. The Morgan fingerprint density at radius 1 is 1.13 bits per heavy atom. The first kappa shape index (κ1) is 21.0. The predicted molar refractivity (Wildman–Crippen MR) is 120 cm³/mol. The molecule has 0 saturated carbocycles. The lowest BCUT2D eigenvalue weighted by atomic mass is 9.82. The minimum absolute atomic E-state index is 0.0180. The fourth-order valence-corrected chi connectivity index (χ4v) is 4.58. The van der Waals surface area contributed by atoms with Crippen LogP contribution in [0.15, 0.2) is 48.5 Å². The summed E-state index contributed by atoms with van der Waals surface area (Å²) >= 11 is 1.32. The summed E-state index contributed by atoms with van der Waals surface area (Å²) in [5.41, 5.74) is 2.66. The van der Waals surface area contributed by atoms with Gasteiger partial charge in [-0.3, -0.25) is 9.59 Å². The van der Waals surface area contributed by atoms with Crippen molar-refractivity contribution in [2.75, 3.05) is 17.3 Å². The first-order valence-corrected chi connectivity index (χ1v) is 10.9. The maximum Gasteiger partial charge on any atom is 0.231 e. The maximum atomic E-state index is 13.3. The molecule has 4 rings (SSSR count). The van der Waals surface area contributed by atoms with Crippen LogP contribution in [0.25, 0.3) is 0 Å². The van der Waals surface area contributed by atoms with E-state index in [1.54, 1.807) is 12.0 Å². The molecule has 0 aliphatic carbocycles. The number of amides is 2. The molecule has 31 heavy (non-hydrogen) atoms. The third kappa shape index (κ3) is 4.29. The van der Waals surface area contributed by atoms with Crippen LogP contribution < -0.4 is 15.0 Å². The van der Waals surface area contributed by atoms with Gasteiger partial charge in [0.2, 0.25) is 16.9 Å². The number of para-hydroxylation sites is 1. The van der Waals surface area contributed by atoms with Crippen molar-refractivity contribution >= 4 is 34.0 Å². The molecule has 2 amide bonds. The average Bonchev–Trinajstić information content (AvgIpc) is 3.18. The number of nitrogens with zero attached hydrogens (tertiary/aromatic N) is 3. The summed E-state index contributed by atoms with van der Waals surface area (Å²) < 4.78 is 5.60.